The van der Waals surface area contributed by atoms with E-state index in [-0.39, 0.29) is 6.61 Å². The van der Waals surface area contributed by atoms with E-state index in [1.807, 2.05) is 30.3 Å². The van der Waals surface area contributed by atoms with E-state index in [0.29, 0.717) is 19.4 Å². The molecule has 1 N–H and O–H groups in total. The Labute approximate surface area is 149 Å². The van der Waals surface area contributed by atoms with Crippen molar-refractivity contribution in [3.8, 4) is 0 Å². The SMILES string of the molecule is O=C(Nc1c(F)cccc1F)[C@@H]1CCCN1C(=O)OCc1ccccc1. The van der Waals surface area contributed by atoms with Crippen LogP contribution in [0.4, 0.5) is 19.3 Å². The predicted molar refractivity (Wildman–Crippen MR) is 91.3 cm³/mol. The molecule has 0 aliphatic carbocycles. The van der Waals surface area contributed by atoms with Crippen LogP contribution in [-0.4, -0.2) is 29.5 Å². The lowest BCUT2D eigenvalue weighted by Gasteiger charge is -2.23. The van der Waals surface area contributed by atoms with E-state index in [2.05, 4.69) is 5.32 Å². The number of hydrogen-bond donors (Lipinski definition) is 1. The Hall–Kier alpha value is -2.96. The first-order valence-electron chi connectivity index (χ1n) is 8.28. The zero-order valence-electron chi connectivity index (χ0n) is 14.0. The first kappa shape index (κ1) is 17.8. The van der Waals surface area contributed by atoms with Crippen molar-refractivity contribution >= 4 is 17.7 Å². The highest BCUT2D eigenvalue weighted by Crippen LogP contribution is 2.23. The minimum absolute atomic E-state index is 0.0897. The van der Waals surface area contributed by atoms with Crippen molar-refractivity contribution in [1.82, 2.24) is 4.90 Å². The molecule has 26 heavy (non-hydrogen) atoms. The van der Waals surface area contributed by atoms with Gasteiger partial charge < -0.3 is 10.1 Å². The number of amides is 2. The van der Waals surface area contributed by atoms with Crippen molar-refractivity contribution in [3.63, 3.8) is 0 Å². The molecule has 0 radical (unpaired) electrons. The fourth-order valence-electron chi connectivity index (χ4n) is 2.88. The summed E-state index contributed by atoms with van der Waals surface area (Å²) in [5.41, 5.74) is 0.316. The van der Waals surface area contributed by atoms with Crippen LogP contribution in [0.15, 0.2) is 48.5 Å². The second kappa shape index (κ2) is 7.95. The Bertz CT molecular complexity index is 778. The lowest BCUT2D eigenvalue weighted by Crippen LogP contribution is -2.43. The van der Waals surface area contributed by atoms with Gasteiger partial charge in [-0.25, -0.2) is 13.6 Å². The number of para-hydroxylation sites is 1. The zero-order valence-corrected chi connectivity index (χ0v) is 14.0. The van der Waals surface area contributed by atoms with Gasteiger partial charge in [-0.2, -0.15) is 0 Å². The third-order valence-electron chi connectivity index (χ3n) is 4.21. The minimum atomic E-state index is -0.866. The molecule has 1 aliphatic rings. The number of rotatable bonds is 4. The normalized spacial score (nSPS) is 16.4. The van der Waals surface area contributed by atoms with Crippen molar-refractivity contribution in [2.24, 2.45) is 0 Å². The molecule has 0 saturated carbocycles. The molecule has 1 aliphatic heterocycles. The third-order valence-corrected chi connectivity index (χ3v) is 4.21. The van der Waals surface area contributed by atoms with Gasteiger partial charge in [-0.05, 0) is 30.5 Å². The number of halogens is 2. The maximum atomic E-state index is 13.7. The lowest BCUT2D eigenvalue weighted by atomic mass is 10.2. The van der Waals surface area contributed by atoms with Crippen molar-refractivity contribution in [2.75, 3.05) is 11.9 Å². The molecular weight excluding hydrogens is 342 g/mol. The van der Waals surface area contributed by atoms with Gasteiger partial charge in [0.05, 0.1) is 0 Å². The molecule has 0 spiro atoms. The van der Waals surface area contributed by atoms with Crippen LogP contribution >= 0.6 is 0 Å². The van der Waals surface area contributed by atoms with Crippen LogP contribution in [0.25, 0.3) is 0 Å². The summed E-state index contributed by atoms with van der Waals surface area (Å²) in [7, 11) is 0. The van der Waals surface area contributed by atoms with Gasteiger partial charge in [0, 0.05) is 6.54 Å². The van der Waals surface area contributed by atoms with Crippen LogP contribution in [0.1, 0.15) is 18.4 Å². The van der Waals surface area contributed by atoms with E-state index >= 15 is 0 Å². The number of anilines is 1. The van der Waals surface area contributed by atoms with E-state index in [1.165, 1.54) is 11.0 Å². The zero-order chi connectivity index (χ0) is 18.5. The minimum Gasteiger partial charge on any atom is -0.445 e. The number of hydrogen-bond acceptors (Lipinski definition) is 3. The van der Waals surface area contributed by atoms with Crippen LogP contribution in [-0.2, 0) is 16.1 Å². The molecule has 1 saturated heterocycles. The second-order valence-electron chi connectivity index (χ2n) is 5.98. The smallest absolute Gasteiger partial charge is 0.410 e. The van der Waals surface area contributed by atoms with Gasteiger partial charge >= 0.3 is 6.09 Å². The highest BCUT2D eigenvalue weighted by atomic mass is 19.1. The van der Waals surface area contributed by atoms with Gasteiger partial charge in [-0.15, -0.1) is 0 Å². The molecule has 0 aromatic heterocycles. The summed E-state index contributed by atoms with van der Waals surface area (Å²) in [4.78, 5) is 26.0. The first-order valence-corrected chi connectivity index (χ1v) is 8.28. The number of likely N-dealkylation sites (tertiary alicyclic amines) is 1. The third kappa shape index (κ3) is 3.99. The van der Waals surface area contributed by atoms with E-state index < -0.39 is 35.4 Å². The highest BCUT2D eigenvalue weighted by Gasteiger charge is 2.35. The highest BCUT2D eigenvalue weighted by molar-refractivity contribution is 5.97. The van der Waals surface area contributed by atoms with Crippen LogP contribution < -0.4 is 5.32 Å². The Morgan fingerprint density at radius 2 is 1.77 bits per heavy atom. The Kier molecular flexibility index (Phi) is 5.46. The molecule has 0 unspecified atom stereocenters. The summed E-state index contributed by atoms with van der Waals surface area (Å²) in [6.45, 7) is 0.442. The summed E-state index contributed by atoms with van der Waals surface area (Å²) in [5.74, 6) is -2.37. The number of nitrogens with zero attached hydrogens (tertiary/aromatic N) is 1. The summed E-state index contributed by atoms with van der Waals surface area (Å²) in [6.07, 6.45) is 0.390. The molecule has 1 atom stereocenters. The molecule has 2 aromatic rings. The molecule has 2 aromatic carbocycles. The summed E-state index contributed by atoms with van der Waals surface area (Å²) in [6, 6.07) is 11.7. The molecule has 1 heterocycles. The van der Waals surface area contributed by atoms with Gasteiger partial charge in [-0.3, -0.25) is 9.69 Å². The van der Waals surface area contributed by atoms with Gasteiger partial charge in [-0.1, -0.05) is 36.4 Å². The standard InChI is InChI=1S/C19H18F2N2O3/c20-14-8-4-9-15(21)17(14)22-18(24)16-10-5-11-23(16)19(25)26-12-13-6-2-1-3-7-13/h1-4,6-9,16H,5,10-12H2,(H,22,24)/t16-/m0/s1. The number of carbonyl (C=O) groups excluding carboxylic acids is 2. The monoisotopic (exact) mass is 360 g/mol. The van der Waals surface area contributed by atoms with Crippen molar-refractivity contribution in [1.29, 1.82) is 0 Å². The number of nitrogens with one attached hydrogen (secondary N) is 1. The van der Waals surface area contributed by atoms with Gasteiger partial charge in [0.1, 0.15) is 30.0 Å². The van der Waals surface area contributed by atoms with Gasteiger partial charge in [0.2, 0.25) is 5.91 Å². The molecule has 136 valence electrons. The predicted octanol–water partition coefficient (Wildman–Crippen LogP) is 3.70. The fourth-order valence-corrected chi connectivity index (χ4v) is 2.88. The molecule has 1 fully saturated rings. The van der Waals surface area contributed by atoms with Gasteiger partial charge in [0.25, 0.3) is 0 Å². The average molecular weight is 360 g/mol. The largest absolute Gasteiger partial charge is 0.445 e. The van der Waals surface area contributed by atoms with Crippen LogP contribution in [0.5, 0.6) is 0 Å². The van der Waals surface area contributed by atoms with E-state index in [9.17, 15) is 18.4 Å². The molecule has 0 bridgehead atoms. The van der Waals surface area contributed by atoms with Crippen molar-refractivity contribution < 1.29 is 23.1 Å². The van der Waals surface area contributed by atoms with Crippen molar-refractivity contribution in [3.05, 3.63) is 65.7 Å². The number of benzene rings is 2. The van der Waals surface area contributed by atoms with Crippen molar-refractivity contribution in [2.45, 2.75) is 25.5 Å². The average Bonchev–Trinajstić information content (AvgIpc) is 3.13. The van der Waals surface area contributed by atoms with E-state index in [1.54, 1.807) is 0 Å². The Balaban J connectivity index is 1.63. The molecular formula is C19H18F2N2O3. The first-order chi connectivity index (χ1) is 12.6. The summed E-state index contributed by atoms with van der Waals surface area (Å²) >= 11 is 0. The molecule has 5 nitrogen and oxygen atoms in total. The Morgan fingerprint density at radius 1 is 1.08 bits per heavy atom. The fraction of sp³-hybridized carbons (Fsp3) is 0.263. The maximum Gasteiger partial charge on any atom is 0.410 e. The maximum absolute atomic E-state index is 13.7. The Morgan fingerprint density at radius 3 is 2.46 bits per heavy atom. The number of carbonyl (C=O) groups is 2. The lowest BCUT2D eigenvalue weighted by molar-refractivity contribution is -0.120. The molecule has 3 rings (SSSR count). The van der Waals surface area contributed by atoms with Crippen LogP contribution in [0.3, 0.4) is 0 Å². The molecule has 7 heteroatoms. The van der Waals surface area contributed by atoms with Crippen LogP contribution in [0, 0.1) is 11.6 Å². The quantitative estimate of drug-likeness (QED) is 0.904. The number of ether oxygens (including phenoxy) is 1. The topological polar surface area (TPSA) is 58.6 Å². The second-order valence-corrected chi connectivity index (χ2v) is 5.98. The van der Waals surface area contributed by atoms with Crippen LogP contribution in [0.2, 0.25) is 0 Å². The molecule has 2 amide bonds. The summed E-state index contributed by atoms with van der Waals surface area (Å²) in [5, 5.41) is 2.24. The van der Waals surface area contributed by atoms with E-state index in [0.717, 1.165) is 17.7 Å². The van der Waals surface area contributed by atoms with Gasteiger partial charge in [0.15, 0.2) is 0 Å². The summed E-state index contributed by atoms with van der Waals surface area (Å²) < 4.78 is 32.7. The van der Waals surface area contributed by atoms with E-state index in [4.69, 9.17) is 4.74 Å².